The van der Waals surface area contributed by atoms with Gasteiger partial charge in [-0.15, -0.1) is 0 Å². The van der Waals surface area contributed by atoms with Crippen LogP contribution in [0, 0.1) is 11.8 Å². The molecule has 0 aromatic rings. The largest absolute Gasteiger partial charge is 0.0654 e. The molecule has 0 N–H and O–H groups in total. The molecule has 0 saturated heterocycles. The zero-order valence-corrected chi connectivity index (χ0v) is 28.5. The Morgan fingerprint density at radius 2 is 0.410 bits per heavy atom. The Hall–Kier alpha value is 0. The third kappa shape index (κ3) is 34.1. The molecule has 2 atom stereocenters. The van der Waals surface area contributed by atoms with E-state index in [1.165, 1.54) is 212 Å². The predicted molar refractivity (Wildman–Crippen MR) is 182 cm³/mol. The Morgan fingerprint density at radius 1 is 0.231 bits per heavy atom. The van der Waals surface area contributed by atoms with Gasteiger partial charge < -0.3 is 0 Å². The van der Waals surface area contributed by atoms with Crippen LogP contribution >= 0.6 is 0 Å². The molecular weight excluding hydrogens is 468 g/mol. The van der Waals surface area contributed by atoms with E-state index in [4.69, 9.17) is 0 Å². The Bertz CT molecular complexity index is 412. The number of rotatable bonds is 34. The van der Waals surface area contributed by atoms with Crippen LogP contribution in [0.1, 0.15) is 240 Å². The Labute approximate surface area is 251 Å². The maximum Gasteiger partial charge on any atom is -0.0443 e. The minimum Gasteiger partial charge on any atom is -0.0654 e. The van der Waals surface area contributed by atoms with Crippen LogP contribution in [0.15, 0.2) is 0 Å². The molecule has 39 heavy (non-hydrogen) atoms. The fraction of sp³-hybridized carbons (Fsp3) is 1.00. The summed E-state index contributed by atoms with van der Waals surface area (Å²) in [6, 6.07) is 0. The second-order valence-electron chi connectivity index (χ2n) is 13.9. The molecule has 0 radical (unpaired) electrons. The second-order valence-corrected chi connectivity index (χ2v) is 13.9. The summed E-state index contributed by atoms with van der Waals surface area (Å²) in [7, 11) is 0. The Morgan fingerprint density at radius 3 is 0.641 bits per heavy atom. The van der Waals surface area contributed by atoms with Gasteiger partial charge in [0.15, 0.2) is 0 Å². The molecule has 0 bridgehead atoms. The quantitative estimate of drug-likeness (QED) is 0.0701. The summed E-state index contributed by atoms with van der Waals surface area (Å²) in [5.74, 6) is 1.91. The molecule has 2 unspecified atom stereocenters. The summed E-state index contributed by atoms with van der Waals surface area (Å²) < 4.78 is 0. The van der Waals surface area contributed by atoms with Crippen LogP contribution in [0.2, 0.25) is 0 Å². The van der Waals surface area contributed by atoms with Gasteiger partial charge in [-0.2, -0.15) is 0 Å². The van der Waals surface area contributed by atoms with Crippen LogP contribution in [0.4, 0.5) is 0 Å². The zero-order chi connectivity index (χ0) is 28.5. The van der Waals surface area contributed by atoms with Crippen molar-refractivity contribution in [1.82, 2.24) is 0 Å². The van der Waals surface area contributed by atoms with E-state index < -0.39 is 0 Å². The van der Waals surface area contributed by atoms with E-state index in [9.17, 15) is 0 Å². The topological polar surface area (TPSA) is 0 Å². The van der Waals surface area contributed by atoms with E-state index in [1.807, 2.05) is 0 Å². The fourth-order valence-corrected chi connectivity index (χ4v) is 6.48. The third-order valence-electron chi connectivity index (χ3n) is 9.49. The SMILES string of the molecule is CCCCCCCCCCCCCCCCCCCCCCC(C)CCCC(C)CCCCCCCCCC. The highest BCUT2D eigenvalue weighted by Gasteiger charge is 2.06. The van der Waals surface area contributed by atoms with Crippen molar-refractivity contribution in [2.24, 2.45) is 11.8 Å². The first-order valence-corrected chi connectivity index (χ1v) is 19.2. The van der Waals surface area contributed by atoms with E-state index >= 15 is 0 Å². The highest BCUT2D eigenvalue weighted by molar-refractivity contribution is 4.60. The van der Waals surface area contributed by atoms with Crippen molar-refractivity contribution in [3.05, 3.63) is 0 Å². The average molecular weight is 549 g/mol. The van der Waals surface area contributed by atoms with Gasteiger partial charge in [-0.05, 0) is 11.8 Å². The molecule has 0 nitrogen and oxygen atoms in total. The molecular formula is C39H80. The van der Waals surface area contributed by atoms with Crippen molar-refractivity contribution in [1.29, 1.82) is 0 Å². The van der Waals surface area contributed by atoms with Crippen LogP contribution in [-0.4, -0.2) is 0 Å². The normalized spacial score (nSPS) is 13.2. The smallest absolute Gasteiger partial charge is 0.0443 e. The van der Waals surface area contributed by atoms with Crippen molar-refractivity contribution in [2.45, 2.75) is 240 Å². The van der Waals surface area contributed by atoms with Crippen molar-refractivity contribution in [2.75, 3.05) is 0 Å². The maximum atomic E-state index is 2.51. The van der Waals surface area contributed by atoms with Crippen LogP contribution in [0.3, 0.4) is 0 Å². The molecule has 0 heterocycles. The van der Waals surface area contributed by atoms with Crippen molar-refractivity contribution in [3.8, 4) is 0 Å². The van der Waals surface area contributed by atoms with E-state index in [0.717, 1.165) is 11.8 Å². The lowest BCUT2D eigenvalue weighted by atomic mass is 9.92. The van der Waals surface area contributed by atoms with Crippen LogP contribution in [0.5, 0.6) is 0 Å². The monoisotopic (exact) mass is 549 g/mol. The minimum atomic E-state index is 0.955. The first-order valence-electron chi connectivity index (χ1n) is 19.2. The molecule has 0 aliphatic heterocycles. The van der Waals surface area contributed by atoms with E-state index in [2.05, 4.69) is 27.7 Å². The Kier molecular flexibility index (Phi) is 34.2. The third-order valence-corrected chi connectivity index (χ3v) is 9.49. The van der Waals surface area contributed by atoms with Gasteiger partial charge in [-0.3, -0.25) is 0 Å². The van der Waals surface area contributed by atoms with Gasteiger partial charge in [0, 0.05) is 0 Å². The molecule has 0 saturated carbocycles. The molecule has 0 spiro atoms. The molecule has 0 fully saturated rings. The molecule has 0 aliphatic rings. The van der Waals surface area contributed by atoms with Crippen molar-refractivity contribution >= 4 is 0 Å². The number of hydrogen-bond donors (Lipinski definition) is 0. The summed E-state index contributed by atoms with van der Waals surface area (Å²) in [5.41, 5.74) is 0. The molecule has 0 aromatic carbocycles. The zero-order valence-electron chi connectivity index (χ0n) is 28.5. The van der Waals surface area contributed by atoms with Crippen molar-refractivity contribution < 1.29 is 0 Å². The van der Waals surface area contributed by atoms with Crippen LogP contribution in [-0.2, 0) is 0 Å². The van der Waals surface area contributed by atoms with Crippen LogP contribution in [0.25, 0.3) is 0 Å². The van der Waals surface area contributed by atoms with Gasteiger partial charge in [0.05, 0.1) is 0 Å². The number of unbranched alkanes of at least 4 members (excludes halogenated alkanes) is 26. The van der Waals surface area contributed by atoms with Gasteiger partial charge in [0.25, 0.3) is 0 Å². The lowest BCUT2D eigenvalue weighted by molar-refractivity contribution is 0.390. The minimum absolute atomic E-state index is 0.955. The van der Waals surface area contributed by atoms with E-state index in [-0.39, 0.29) is 0 Å². The lowest BCUT2D eigenvalue weighted by Crippen LogP contribution is -1.99. The van der Waals surface area contributed by atoms with Gasteiger partial charge in [0.1, 0.15) is 0 Å². The highest BCUT2D eigenvalue weighted by Crippen LogP contribution is 2.22. The molecule has 0 aromatic heterocycles. The first-order chi connectivity index (χ1) is 19.2. The average Bonchev–Trinajstić information content (AvgIpc) is 2.93. The summed E-state index contributed by atoms with van der Waals surface area (Å²) >= 11 is 0. The second kappa shape index (κ2) is 34.2. The Balaban J connectivity index is 3.22. The van der Waals surface area contributed by atoms with Gasteiger partial charge >= 0.3 is 0 Å². The molecule has 0 amide bonds. The first kappa shape index (κ1) is 39.0. The van der Waals surface area contributed by atoms with Crippen molar-refractivity contribution in [3.63, 3.8) is 0 Å². The maximum absolute atomic E-state index is 2.51. The van der Waals surface area contributed by atoms with Gasteiger partial charge in [-0.25, -0.2) is 0 Å². The molecule has 0 rings (SSSR count). The highest BCUT2D eigenvalue weighted by atomic mass is 14.1. The van der Waals surface area contributed by atoms with Gasteiger partial charge in [-0.1, -0.05) is 240 Å². The number of hydrogen-bond acceptors (Lipinski definition) is 0. The van der Waals surface area contributed by atoms with Gasteiger partial charge in [0.2, 0.25) is 0 Å². The molecule has 0 heteroatoms. The standard InChI is InChI=1S/C39H80/c1-5-7-9-11-13-15-16-17-18-19-20-21-22-23-24-25-26-28-30-32-35-39(4)37-33-36-38(3)34-31-29-27-14-12-10-8-6-2/h38-39H,5-37H2,1-4H3. The fourth-order valence-electron chi connectivity index (χ4n) is 6.48. The summed E-state index contributed by atoms with van der Waals surface area (Å²) in [4.78, 5) is 0. The summed E-state index contributed by atoms with van der Waals surface area (Å²) in [6.45, 7) is 9.64. The van der Waals surface area contributed by atoms with E-state index in [1.54, 1.807) is 0 Å². The molecule has 0 aliphatic carbocycles. The summed E-state index contributed by atoms with van der Waals surface area (Å²) in [5, 5.41) is 0. The lowest BCUT2D eigenvalue weighted by Gasteiger charge is -2.14. The van der Waals surface area contributed by atoms with Crippen LogP contribution < -0.4 is 0 Å². The summed E-state index contributed by atoms with van der Waals surface area (Å²) in [6.07, 6.45) is 48.6. The molecule has 236 valence electrons. The van der Waals surface area contributed by atoms with E-state index in [0.29, 0.717) is 0 Å². The predicted octanol–water partition coefficient (Wildman–Crippen LogP) is 15.2.